The number of rotatable bonds is 5. The number of aromatic amines is 1. The smallest absolute Gasteiger partial charge is 0.0992 e. The molecule has 2 fully saturated rings. The van der Waals surface area contributed by atoms with Crippen molar-refractivity contribution < 1.29 is 4.74 Å². The third kappa shape index (κ3) is 4.46. The van der Waals surface area contributed by atoms with Crippen molar-refractivity contribution in [2.45, 2.75) is 58.4 Å². The highest BCUT2D eigenvalue weighted by molar-refractivity contribution is 5.86. The Hall–Kier alpha value is -2.81. The van der Waals surface area contributed by atoms with E-state index in [9.17, 15) is 5.26 Å². The third-order valence-corrected chi connectivity index (χ3v) is 8.37. The Morgan fingerprint density at radius 1 is 1.06 bits per heavy atom. The number of nitriles is 1. The monoisotopic (exact) mass is 470 g/mol. The molecule has 2 aliphatic rings. The van der Waals surface area contributed by atoms with Crippen molar-refractivity contribution >= 4 is 16.6 Å². The first-order chi connectivity index (χ1) is 16.9. The lowest BCUT2D eigenvalue weighted by atomic mass is 9.79. The van der Waals surface area contributed by atoms with Gasteiger partial charge in [-0.1, -0.05) is 39.0 Å². The van der Waals surface area contributed by atoms with Crippen molar-refractivity contribution in [1.82, 2.24) is 9.88 Å². The molecule has 2 aromatic carbocycles. The summed E-state index contributed by atoms with van der Waals surface area (Å²) in [5.74, 6) is 0. The number of H-pyrrole nitrogens is 1. The van der Waals surface area contributed by atoms with Crippen LogP contribution in [-0.4, -0.2) is 55.3 Å². The average Bonchev–Trinajstić information content (AvgIpc) is 3.25. The number of morpholine rings is 1. The molecule has 3 aromatic rings. The highest BCUT2D eigenvalue weighted by Gasteiger charge is 2.30. The first kappa shape index (κ1) is 23.9. The van der Waals surface area contributed by atoms with Gasteiger partial charge in [0.2, 0.25) is 0 Å². The predicted molar refractivity (Wildman–Crippen MR) is 143 cm³/mol. The van der Waals surface area contributed by atoms with Gasteiger partial charge in [-0.25, -0.2) is 0 Å². The maximum Gasteiger partial charge on any atom is 0.0992 e. The van der Waals surface area contributed by atoms with Gasteiger partial charge < -0.3 is 14.6 Å². The fraction of sp³-hybridized carbons (Fsp3) is 0.500. The van der Waals surface area contributed by atoms with E-state index >= 15 is 0 Å². The van der Waals surface area contributed by atoms with Crippen LogP contribution in [0.25, 0.3) is 10.9 Å². The van der Waals surface area contributed by atoms with E-state index in [0.717, 1.165) is 51.3 Å². The zero-order chi connectivity index (χ0) is 24.6. The van der Waals surface area contributed by atoms with Crippen molar-refractivity contribution in [3.63, 3.8) is 0 Å². The van der Waals surface area contributed by atoms with Crippen molar-refractivity contribution in [3.05, 3.63) is 64.3 Å². The van der Waals surface area contributed by atoms with Gasteiger partial charge in [0.15, 0.2) is 0 Å². The summed E-state index contributed by atoms with van der Waals surface area (Å²) < 4.78 is 5.56. The third-order valence-electron chi connectivity index (χ3n) is 8.37. The van der Waals surface area contributed by atoms with Crippen molar-refractivity contribution in [3.8, 4) is 6.07 Å². The minimum absolute atomic E-state index is 0.178. The highest BCUT2D eigenvalue weighted by atomic mass is 16.5. The molecule has 35 heavy (non-hydrogen) atoms. The van der Waals surface area contributed by atoms with E-state index in [-0.39, 0.29) is 5.41 Å². The Balaban J connectivity index is 1.43. The number of ether oxygens (including phenoxy) is 1. The maximum atomic E-state index is 9.33. The molecule has 0 amide bonds. The van der Waals surface area contributed by atoms with Gasteiger partial charge >= 0.3 is 0 Å². The summed E-state index contributed by atoms with van der Waals surface area (Å²) in [7, 11) is 0. The van der Waals surface area contributed by atoms with Crippen molar-refractivity contribution in [2.75, 3.05) is 44.3 Å². The van der Waals surface area contributed by atoms with Crippen molar-refractivity contribution in [2.24, 2.45) is 0 Å². The summed E-state index contributed by atoms with van der Waals surface area (Å²) in [5.41, 5.74) is 8.21. The number of benzene rings is 2. The largest absolute Gasteiger partial charge is 0.379 e. The van der Waals surface area contributed by atoms with Crippen LogP contribution < -0.4 is 4.90 Å². The summed E-state index contributed by atoms with van der Waals surface area (Å²) in [6.45, 7) is 15.2. The molecule has 5 nitrogen and oxygen atoms in total. The number of hydrogen-bond acceptors (Lipinski definition) is 4. The molecule has 2 saturated heterocycles. The molecule has 1 aromatic heterocycles. The van der Waals surface area contributed by atoms with E-state index in [2.05, 4.69) is 72.8 Å². The first-order valence-corrected chi connectivity index (χ1v) is 13.2. The summed E-state index contributed by atoms with van der Waals surface area (Å²) >= 11 is 0. The zero-order valence-corrected chi connectivity index (χ0v) is 21.7. The van der Waals surface area contributed by atoms with Crippen LogP contribution >= 0.6 is 0 Å². The summed E-state index contributed by atoms with van der Waals surface area (Å²) in [5, 5.41) is 10.5. The minimum atomic E-state index is -0.178. The second-order valence-corrected chi connectivity index (χ2v) is 10.7. The molecule has 3 heterocycles. The molecule has 1 N–H and O–H groups in total. The molecule has 0 saturated carbocycles. The van der Waals surface area contributed by atoms with Gasteiger partial charge in [-0.05, 0) is 61.1 Å². The number of piperidine rings is 1. The van der Waals surface area contributed by atoms with Crippen LogP contribution in [0, 0.1) is 18.3 Å². The average molecular weight is 471 g/mol. The van der Waals surface area contributed by atoms with Crippen LogP contribution in [0.15, 0.2) is 36.4 Å². The van der Waals surface area contributed by atoms with E-state index in [4.69, 9.17) is 4.74 Å². The van der Waals surface area contributed by atoms with Crippen LogP contribution in [0.2, 0.25) is 0 Å². The number of hydrogen-bond donors (Lipinski definition) is 1. The van der Waals surface area contributed by atoms with Gasteiger partial charge in [-0.15, -0.1) is 0 Å². The van der Waals surface area contributed by atoms with Gasteiger partial charge in [0.05, 0.1) is 24.8 Å². The Morgan fingerprint density at radius 2 is 1.80 bits per heavy atom. The molecule has 0 unspecified atom stereocenters. The molecular weight excluding hydrogens is 432 g/mol. The number of anilines is 1. The van der Waals surface area contributed by atoms with Crippen LogP contribution in [0.3, 0.4) is 0 Å². The van der Waals surface area contributed by atoms with E-state index in [0.29, 0.717) is 11.6 Å². The fourth-order valence-electron chi connectivity index (χ4n) is 6.14. The Bertz CT molecular complexity index is 1240. The Labute approximate surface area is 209 Å². The topological polar surface area (TPSA) is 55.3 Å². The van der Waals surface area contributed by atoms with Gasteiger partial charge in [-0.2, -0.15) is 5.26 Å². The van der Waals surface area contributed by atoms with Gasteiger partial charge in [0.25, 0.3) is 0 Å². The van der Waals surface area contributed by atoms with Crippen LogP contribution in [-0.2, 0) is 16.6 Å². The van der Waals surface area contributed by atoms with E-state index in [1.165, 1.54) is 46.3 Å². The molecule has 2 aliphatic heterocycles. The number of fused-ring (bicyclic) bond motifs is 1. The quantitative estimate of drug-likeness (QED) is 0.532. The molecule has 0 bridgehead atoms. The number of nitrogens with one attached hydrogen (secondary N) is 1. The summed E-state index contributed by atoms with van der Waals surface area (Å²) in [6.07, 6.45) is 3.49. The van der Waals surface area contributed by atoms with Gasteiger partial charge in [0, 0.05) is 59.9 Å². The Kier molecular flexibility index (Phi) is 6.61. The molecule has 5 heteroatoms. The molecule has 0 atom stereocenters. The highest BCUT2D eigenvalue weighted by Crippen LogP contribution is 2.39. The van der Waals surface area contributed by atoms with E-state index < -0.39 is 0 Å². The van der Waals surface area contributed by atoms with Crippen LogP contribution in [0.1, 0.15) is 61.6 Å². The SMILES string of the molecule is CCc1ccc(C(C)(C)c2[nH]c3cc(C#N)ccc3c2C)cc1N1CCC(N2CCOCC2)CC1. The lowest BCUT2D eigenvalue weighted by molar-refractivity contribution is 0.0115. The normalized spacial score (nSPS) is 18.2. The molecule has 184 valence electrons. The minimum Gasteiger partial charge on any atom is -0.379 e. The second-order valence-electron chi connectivity index (χ2n) is 10.7. The van der Waals surface area contributed by atoms with Crippen LogP contribution in [0.5, 0.6) is 0 Å². The second kappa shape index (κ2) is 9.68. The predicted octanol–water partition coefficient (Wildman–Crippen LogP) is 5.54. The van der Waals surface area contributed by atoms with Crippen LogP contribution in [0.4, 0.5) is 5.69 Å². The maximum absolute atomic E-state index is 9.33. The van der Waals surface area contributed by atoms with E-state index in [1.54, 1.807) is 0 Å². The lowest BCUT2D eigenvalue weighted by Crippen LogP contribution is -2.49. The Morgan fingerprint density at radius 3 is 2.49 bits per heavy atom. The number of nitrogens with zero attached hydrogens (tertiary/aromatic N) is 3. The molecule has 0 spiro atoms. The zero-order valence-electron chi connectivity index (χ0n) is 21.7. The fourth-order valence-corrected chi connectivity index (χ4v) is 6.14. The van der Waals surface area contributed by atoms with E-state index in [1.807, 2.05) is 12.1 Å². The molecule has 5 rings (SSSR count). The lowest BCUT2D eigenvalue weighted by Gasteiger charge is -2.41. The first-order valence-electron chi connectivity index (χ1n) is 13.2. The molecule has 0 radical (unpaired) electrons. The molecular formula is C30H38N4O. The van der Waals surface area contributed by atoms with Gasteiger partial charge in [-0.3, -0.25) is 4.90 Å². The van der Waals surface area contributed by atoms with Crippen molar-refractivity contribution in [1.29, 1.82) is 5.26 Å². The number of aromatic nitrogens is 1. The standard InChI is InChI=1S/C30H38N4O/c1-5-23-7-8-24(19-28(23)34-12-10-25(11-13-34)33-14-16-35-17-15-33)30(3,4)29-21(2)26-9-6-22(20-31)18-27(26)32-29/h6-9,18-19,25,32H,5,10-17H2,1-4H3. The number of aryl methyl sites for hydroxylation is 2. The summed E-state index contributed by atoms with van der Waals surface area (Å²) in [4.78, 5) is 8.92. The molecule has 0 aliphatic carbocycles. The summed E-state index contributed by atoms with van der Waals surface area (Å²) in [6, 6.07) is 16.0. The van der Waals surface area contributed by atoms with Gasteiger partial charge in [0.1, 0.15) is 0 Å².